The summed E-state index contributed by atoms with van der Waals surface area (Å²) in [5.41, 5.74) is 0.0481. The van der Waals surface area contributed by atoms with Crippen LogP contribution in [0.1, 0.15) is 12.8 Å². The normalized spacial score (nSPS) is 19.9. The zero-order valence-electron chi connectivity index (χ0n) is 9.19. The highest BCUT2D eigenvalue weighted by Crippen LogP contribution is 2.30. The van der Waals surface area contributed by atoms with Crippen molar-refractivity contribution in [2.75, 3.05) is 13.1 Å². The third-order valence-corrected chi connectivity index (χ3v) is 3.33. The van der Waals surface area contributed by atoms with Crippen molar-refractivity contribution in [1.82, 2.24) is 5.32 Å². The lowest BCUT2D eigenvalue weighted by Gasteiger charge is -2.24. The Morgan fingerprint density at radius 2 is 2.35 bits per heavy atom. The number of nitrogens with zero attached hydrogens (tertiary/aromatic N) is 1. The van der Waals surface area contributed by atoms with E-state index in [1.54, 1.807) is 6.07 Å². The zero-order valence-corrected chi connectivity index (χ0v) is 10.8. The van der Waals surface area contributed by atoms with Crippen molar-refractivity contribution in [2.45, 2.75) is 18.9 Å². The Hall–Kier alpha value is -1.14. The van der Waals surface area contributed by atoms with Crippen LogP contribution in [0.2, 0.25) is 0 Å². The van der Waals surface area contributed by atoms with Gasteiger partial charge < -0.3 is 10.1 Å². The molecule has 1 atom stereocenters. The lowest BCUT2D eigenvalue weighted by atomic mass is 10.1. The quantitative estimate of drug-likeness (QED) is 0.688. The van der Waals surface area contributed by atoms with Crippen LogP contribution in [0.3, 0.4) is 0 Å². The van der Waals surface area contributed by atoms with Gasteiger partial charge in [-0.05, 0) is 41.4 Å². The van der Waals surface area contributed by atoms with Gasteiger partial charge >= 0.3 is 0 Å². The van der Waals surface area contributed by atoms with Crippen molar-refractivity contribution in [2.24, 2.45) is 0 Å². The molecule has 0 aliphatic carbocycles. The number of hydrogen-bond acceptors (Lipinski definition) is 4. The van der Waals surface area contributed by atoms with E-state index in [-0.39, 0.29) is 11.8 Å². The first-order valence-corrected chi connectivity index (χ1v) is 6.27. The van der Waals surface area contributed by atoms with Crippen LogP contribution in [-0.4, -0.2) is 24.1 Å². The van der Waals surface area contributed by atoms with Gasteiger partial charge in [0.2, 0.25) is 0 Å². The number of nitrogens with one attached hydrogen (secondary N) is 1. The van der Waals surface area contributed by atoms with Crippen molar-refractivity contribution in [3.8, 4) is 5.75 Å². The molecule has 92 valence electrons. The number of nitro groups is 1. The number of piperidine rings is 1. The summed E-state index contributed by atoms with van der Waals surface area (Å²) in [5, 5.41) is 13.9. The summed E-state index contributed by atoms with van der Waals surface area (Å²) in [5.74, 6) is 0.535. The second-order valence-corrected chi connectivity index (χ2v) is 4.81. The van der Waals surface area contributed by atoms with E-state index < -0.39 is 4.92 Å². The average molecular weight is 301 g/mol. The molecule has 0 bridgehead atoms. The number of nitro benzene ring substituents is 1. The van der Waals surface area contributed by atoms with Crippen LogP contribution in [0.4, 0.5) is 5.69 Å². The predicted octanol–water partition coefficient (Wildman–Crippen LogP) is 2.49. The highest BCUT2D eigenvalue weighted by atomic mass is 79.9. The minimum absolute atomic E-state index is 0.0481. The van der Waals surface area contributed by atoms with Crippen molar-refractivity contribution in [3.05, 3.63) is 32.8 Å². The summed E-state index contributed by atoms with van der Waals surface area (Å²) in [6.45, 7) is 1.80. The van der Waals surface area contributed by atoms with Crippen LogP contribution in [0.5, 0.6) is 5.75 Å². The van der Waals surface area contributed by atoms with E-state index in [0.29, 0.717) is 5.75 Å². The van der Waals surface area contributed by atoms with Crippen molar-refractivity contribution in [3.63, 3.8) is 0 Å². The van der Waals surface area contributed by atoms with E-state index in [1.807, 2.05) is 0 Å². The molecular weight excluding hydrogens is 288 g/mol. The number of hydrogen-bond donors (Lipinski definition) is 1. The lowest BCUT2D eigenvalue weighted by molar-refractivity contribution is -0.385. The van der Waals surface area contributed by atoms with Gasteiger partial charge in [-0.3, -0.25) is 10.1 Å². The SMILES string of the molecule is O=[N+]([O-])c1ccc(Br)c(OC2CCCNC2)c1. The highest BCUT2D eigenvalue weighted by molar-refractivity contribution is 9.10. The summed E-state index contributed by atoms with van der Waals surface area (Å²) >= 11 is 3.34. The summed E-state index contributed by atoms with van der Waals surface area (Å²) in [4.78, 5) is 10.3. The molecular formula is C11H13BrN2O3. The number of ether oxygens (including phenoxy) is 1. The second kappa shape index (κ2) is 5.46. The fourth-order valence-electron chi connectivity index (χ4n) is 1.80. The Morgan fingerprint density at radius 1 is 1.53 bits per heavy atom. The number of halogens is 1. The van der Waals surface area contributed by atoms with E-state index in [9.17, 15) is 10.1 Å². The fraction of sp³-hybridized carbons (Fsp3) is 0.455. The van der Waals surface area contributed by atoms with Gasteiger partial charge in [0, 0.05) is 12.6 Å². The molecule has 0 amide bonds. The zero-order chi connectivity index (χ0) is 12.3. The summed E-state index contributed by atoms with van der Waals surface area (Å²) in [6, 6.07) is 4.55. The minimum atomic E-state index is -0.418. The van der Waals surface area contributed by atoms with Gasteiger partial charge in [-0.15, -0.1) is 0 Å². The van der Waals surface area contributed by atoms with E-state index in [1.165, 1.54) is 12.1 Å². The molecule has 1 aromatic rings. The monoisotopic (exact) mass is 300 g/mol. The molecule has 1 unspecified atom stereocenters. The molecule has 1 fully saturated rings. The first kappa shape index (κ1) is 12.3. The second-order valence-electron chi connectivity index (χ2n) is 3.96. The smallest absolute Gasteiger partial charge is 0.273 e. The van der Waals surface area contributed by atoms with Crippen LogP contribution in [0, 0.1) is 10.1 Å². The molecule has 0 spiro atoms. The molecule has 1 saturated heterocycles. The Morgan fingerprint density at radius 3 is 3.00 bits per heavy atom. The van der Waals surface area contributed by atoms with Crippen LogP contribution in [0.25, 0.3) is 0 Å². The summed E-state index contributed by atoms with van der Waals surface area (Å²) in [7, 11) is 0. The largest absolute Gasteiger partial charge is 0.488 e. The van der Waals surface area contributed by atoms with Crippen LogP contribution in [0.15, 0.2) is 22.7 Å². The van der Waals surface area contributed by atoms with Gasteiger partial charge in [-0.2, -0.15) is 0 Å². The van der Waals surface area contributed by atoms with Gasteiger partial charge in [0.05, 0.1) is 15.5 Å². The third kappa shape index (κ3) is 3.17. The Balaban J connectivity index is 2.13. The van der Waals surface area contributed by atoms with Crippen molar-refractivity contribution < 1.29 is 9.66 Å². The van der Waals surface area contributed by atoms with Crippen LogP contribution in [-0.2, 0) is 0 Å². The Bertz CT molecular complexity index is 419. The summed E-state index contributed by atoms with van der Waals surface area (Å²) in [6.07, 6.45) is 2.13. The topological polar surface area (TPSA) is 64.4 Å². The van der Waals surface area contributed by atoms with Gasteiger partial charge in [0.15, 0.2) is 0 Å². The van der Waals surface area contributed by atoms with Crippen molar-refractivity contribution >= 4 is 21.6 Å². The first-order chi connectivity index (χ1) is 8.16. The molecule has 0 saturated carbocycles. The number of rotatable bonds is 3. The summed E-state index contributed by atoms with van der Waals surface area (Å²) < 4.78 is 6.51. The Kier molecular flexibility index (Phi) is 3.96. The first-order valence-electron chi connectivity index (χ1n) is 5.48. The third-order valence-electron chi connectivity index (χ3n) is 2.67. The molecule has 1 aliphatic rings. The molecule has 0 aromatic heterocycles. The lowest BCUT2D eigenvalue weighted by Crippen LogP contribution is -2.37. The predicted molar refractivity (Wildman–Crippen MR) is 67.3 cm³/mol. The maximum absolute atomic E-state index is 10.7. The van der Waals surface area contributed by atoms with E-state index in [4.69, 9.17) is 4.74 Å². The molecule has 1 heterocycles. The van der Waals surface area contributed by atoms with Gasteiger partial charge in [0.25, 0.3) is 5.69 Å². The molecule has 17 heavy (non-hydrogen) atoms. The van der Waals surface area contributed by atoms with E-state index >= 15 is 0 Å². The maximum atomic E-state index is 10.7. The molecule has 0 radical (unpaired) electrons. The van der Waals surface area contributed by atoms with E-state index in [0.717, 1.165) is 30.4 Å². The average Bonchev–Trinajstić information content (AvgIpc) is 2.33. The van der Waals surface area contributed by atoms with Gasteiger partial charge in [0.1, 0.15) is 11.9 Å². The number of benzene rings is 1. The Labute approximate surface area is 107 Å². The molecule has 6 heteroatoms. The standard InChI is InChI=1S/C11H13BrN2O3/c12-10-4-3-8(14(15)16)6-11(10)17-9-2-1-5-13-7-9/h3-4,6,9,13H,1-2,5,7H2. The van der Waals surface area contributed by atoms with Gasteiger partial charge in [-0.1, -0.05) is 0 Å². The minimum Gasteiger partial charge on any atom is -0.488 e. The van der Waals surface area contributed by atoms with Crippen molar-refractivity contribution in [1.29, 1.82) is 0 Å². The highest BCUT2D eigenvalue weighted by Gasteiger charge is 2.17. The van der Waals surface area contributed by atoms with Gasteiger partial charge in [-0.25, -0.2) is 0 Å². The fourth-order valence-corrected chi connectivity index (χ4v) is 2.14. The molecule has 5 nitrogen and oxygen atoms in total. The molecule has 2 rings (SSSR count). The molecule has 1 aromatic carbocycles. The maximum Gasteiger partial charge on any atom is 0.273 e. The van der Waals surface area contributed by atoms with Crippen LogP contribution >= 0.6 is 15.9 Å². The molecule has 1 N–H and O–H groups in total. The number of non-ortho nitro benzene ring substituents is 1. The van der Waals surface area contributed by atoms with Crippen LogP contribution < -0.4 is 10.1 Å². The van der Waals surface area contributed by atoms with E-state index in [2.05, 4.69) is 21.2 Å². The molecule has 1 aliphatic heterocycles.